The molecule has 26 heavy (non-hydrogen) atoms. The Morgan fingerprint density at radius 3 is 2.46 bits per heavy atom. The largest absolute Gasteiger partial charge is 0.459 e. The summed E-state index contributed by atoms with van der Waals surface area (Å²) in [5.74, 6) is -0.975. The highest BCUT2D eigenvalue weighted by Gasteiger charge is 2.48. The van der Waals surface area contributed by atoms with Gasteiger partial charge in [0.15, 0.2) is 5.76 Å². The van der Waals surface area contributed by atoms with Crippen molar-refractivity contribution in [3.8, 4) is 0 Å². The molecule has 2 aliphatic rings. The third-order valence-corrected chi connectivity index (χ3v) is 4.91. The maximum absolute atomic E-state index is 12.9. The molecule has 0 aliphatic carbocycles. The molecule has 1 atom stereocenters. The monoisotopic (exact) mass is 362 g/mol. The normalized spacial score (nSPS) is 20.0. The Labute approximate surface area is 150 Å². The van der Waals surface area contributed by atoms with Crippen LogP contribution in [0.2, 0.25) is 0 Å². The van der Waals surface area contributed by atoms with Gasteiger partial charge < -0.3 is 20.0 Å². The first kappa shape index (κ1) is 18.0. The summed E-state index contributed by atoms with van der Waals surface area (Å²) in [6.45, 7) is 4.35. The molecule has 3 N–H and O–H groups in total. The average molecular weight is 362 g/mol. The lowest BCUT2D eigenvalue weighted by atomic mass is 9.87. The molecule has 2 aliphatic heterocycles. The molecule has 2 saturated heterocycles. The maximum Gasteiger partial charge on any atom is 0.322 e. The Morgan fingerprint density at radius 2 is 1.96 bits per heavy atom. The van der Waals surface area contributed by atoms with Crippen molar-refractivity contribution in [1.29, 1.82) is 0 Å². The van der Waals surface area contributed by atoms with E-state index in [2.05, 4.69) is 16.0 Å². The lowest BCUT2D eigenvalue weighted by Crippen LogP contribution is -2.59. The van der Waals surface area contributed by atoms with Crippen LogP contribution in [-0.4, -0.2) is 53.3 Å². The van der Waals surface area contributed by atoms with E-state index in [9.17, 15) is 19.2 Å². The van der Waals surface area contributed by atoms with E-state index in [1.165, 1.54) is 12.3 Å². The summed E-state index contributed by atoms with van der Waals surface area (Å²) >= 11 is 0. The Kier molecular flexibility index (Phi) is 4.71. The fraction of sp³-hybridized carbons (Fsp3) is 0.529. The summed E-state index contributed by atoms with van der Waals surface area (Å²) in [5.41, 5.74) is -0.932. The highest BCUT2D eigenvalue weighted by Crippen LogP contribution is 2.26. The van der Waals surface area contributed by atoms with Gasteiger partial charge >= 0.3 is 6.03 Å². The lowest BCUT2D eigenvalue weighted by Gasteiger charge is -2.39. The molecule has 9 nitrogen and oxygen atoms in total. The van der Waals surface area contributed by atoms with Gasteiger partial charge in [0.05, 0.1) is 6.26 Å². The minimum absolute atomic E-state index is 0.119. The Hall–Kier alpha value is -2.84. The number of hydrogen-bond acceptors (Lipinski definition) is 5. The summed E-state index contributed by atoms with van der Waals surface area (Å²) in [4.78, 5) is 50.1. The van der Waals surface area contributed by atoms with Gasteiger partial charge in [-0.3, -0.25) is 19.7 Å². The van der Waals surface area contributed by atoms with Gasteiger partial charge in [0, 0.05) is 13.1 Å². The molecule has 0 aromatic carbocycles. The number of rotatable bonds is 4. The van der Waals surface area contributed by atoms with Gasteiger partial charge in [-0.2, -0.15) is 0 Å². The molecule has 0 unspecified atom stereocenters. The summed E-state index contributed by atoms with van der Waals surface area (Å²) in [6.07, 6.45) is 2.08. The van der Waals surface area contributed by atoms with E-state index < -0.39 is 23.5 Å². The fourth-order valence-corrected chi connectivity index (χ4v) is 3.32. The minimum atomic E-state index is -0.932. The van der Waals surface area contributed by atoms with Crippen LogP contribution in [0.1, 0.15) is 37.2 Å². The first-order chi connectivity index (χ1) is 12.3. The topological polar surface area (TPSA) is 121 Å². The van der Waals surface area contributed by atoms with Gasteiger partial charge in [0.2, 0.25) is 5.91 Å². The van der Waals surface area contributed by atoms with Crippen LogP contribution < -0.4 is 16.0 Å². The number of furan rings is 1. The zero-order valence-electron chi connectivity index (χ0n) is 14.7. The minimum Gasteiger partial charge on any atom is -0.459 e. The molecule has 1 aromatic heterocycles. The van der Waals surface area contributed by atoms with Crippen molar-refractivity contribution in [1.82, 2.24) is 20.9 Å². The van der Waals surface area contributed by atoms with E-state index in [-0.39, 0.29) is 23.5 Å². The average Bonchev–Trinajstić information content (AvgIpc) is 3.21. The molecule has 0 saturated carbocycles. The highest BCUT2D eigenvalue weighted by atomic mass is 16.3. The summed E-state index contributed by atoms with van der Waals surface area (Å²) < 4.78 is 5.06. The Morgan fingerprint density at radius 1 is 1.27 bits per heavy atom. The van der Waals surface area contributed by atoms with E-state index in [1.807, 2.05) is 13.8 Å². The predicted octanol–water partition coefficient (Wildman–Crippen LogP) is 0.235. The Balaban J connectivity index is 1.64. The van der Waals surface area contributed by atoms with Crippen LogP contribution in [0.25, 0.3) is 0 Å². The number of nitrogens with one attached hydrogen (secondary N) is 3. The molecule has 0 radical (unpaired) electrons. The molecule has 3 heterocycles. The van der Waals surface area contributed by atoms with E-state index in [0.29, 0.717) is 25.9 Å². The van der Waals surface area contributed by atoms with Crippen LogP contribution in [0.15, 0.2) is 22.8 Å². The SMILES string of the molecule is CC(C)[C@H](NC(=O)c1ccco1)C(=O)N1CCC2(CC1)NC(=O)NC2=O. The predicted molar refractivity (Wildman–Crippen MR) is 90.0 cm³/mol. The standard InChI is InChI=1S/C17H22N4O5/c1-10(2)12(18-13(22)11-4-3-9-26-11)14(23)21-7-5-17(6-8-21)15(24)19-16(25)20-17/h3-4,9-10,12H,5-8H2,1-2H3,(H,18,22)(H2,19,20,24,25)/t12-/m0/s1. The van der Waals surface area contributed by atoms with Crippen molar-refractivity contribution in [2.45, 2.75) is 38.3 Å². The molecule has 2 fully saturated rings. The van der Waals surface area contributed by atoms with Crippen LogP contribution >= 0.6 is 0 Å². The van der Waals surface area contributed by atoms with Crippen molar-refractivity contribution < 1.29 is 23.6 Å². The van der Waals surface area contributed by atoms with Gasteiger partial charge in [-0.25, -0.2) is 4.79 Å². The van der Waals surface area contributed by atoms with Gasteiger partial charge in [-0.05, 0) is 30.9 Å². The van der Waals surface area contributed by atoms with Crippen molar-refractivity contribution >= 4 is 23.8 Å². The smallest absolute Gasteiger partial charge is 0.322 e. The second-order valence-electron chi connectivity index (χ2n) is 6.99. The molecular formula is C17H22N4O5. The zero-order valence-corrected chi connectivity index (χ0v) is 14.7. The number of piperidine rings is 1. The maximum atomic E-state index is 12.9. The molecular weight excluding hydrogens is 340 g/mol. The number of carbonyl (C=O) groups excluding carboxylic acids is 4. The van der Waals surface area contributed by atoms with Crippen LogP contribution in [0.4, 0.5) is 4.79 Å². The molecule has 1 spiro atoms. The van der Waals surface area contributed by atoms with Gasteiger partial charge in [-0.15, -0.1) is 0 Å². The third kappa shape index (κ3) is 3.29. The van der Waals surface area contributed by atoms with Crippen molar-refractivity contribution in [2.24, 2.45) is 5.92 Å². The second kappa shape index (κ2) is 6.81. The van der Waals surface area contributed by atoms with Crippen LogP contribution in [0.5, 0.6) is 0 Å². The third-order valence-electron chi connectivity index (χ3n) is 4.91. The van der Waals surface area contributed by atoms with E-state index >= 15 is 0 Å². The molecule has 1 aromatic rings. The first-order valence-corrected chi connectivity index (χ1v) is 8.59. The number of carbonyl (C=O) groups is 4. The van der Waals surface area contributed by atoms with Crippen LogP contribution in [0.3, 0.4) is 0 Å². The summed E-state index contributed by atoms with van der Waals surface area (Å²) in [5, 5.41) is 7.63. The Bertz CT molecular complexity index is 720. The lowest BCUT2D eigenvalue weighted by molar-refractivity contribution is -0.138. The van der Waals surface area contributed by atoms with Crippen LogP contribution in [0, 0.1) is 5.92 Å². The number of urea groups is 1. The molecule has 0 bridgehead atoms. The fourth-order valence-electron chi connectivity index (χ4n) is 3.32. The van der Waals surface area contributed by atoms with Crippen LogP contribution in [-0.2, 0) is 9.59 Å². The second-order valence-corrected chi connectivity index (χ2v) is 6.99. The number of imide groups is 1. The zero-order chi connectivity index (χ0) is 18.9. The molecule has 3 rings (SSSR count). The first-order valence-electron chi connectivity index (χ1n) is 8.59. The number of hydrogen-bond donors (Lipinski definition) is 3. The van der Waals surface area contributed by atoms with Gasteiger partial charge in [0.25, 0.3) is 11.8 Å². The number of nitrogens with zero attached hydrogens (tertiary/aromatic N) is 1. The van der Waals surface area contributed by atoms with E-state index in [4.69, 9.17) is 4.42 Å². The highest BCUT2D eigenvalue weighted by molar-refractivity contribution is 6.07. The number of amides is 5. The molecule has 9 heteroatoms. The molecule has 140 valence electrons. The van der Waals surface area contributed by atoms with E-state index in [1.54, 1.807) is 11.0 Å². The van der Waals surface area contributed by atoms with Crippen molar-refractivity contribution in [3.05, 3.63) is 24.2 Å². The van der Waals surface area contributed by atoms with Crippen molar-refractivity contribution in [3.63, 3.8) is 0 Å². The number of likely N-dealkylation sites (tertiary alicyclic amines) is 1. The summed E-state index contributed by atoms with van der Waals surface area (Å²) in [7, 11) is 0. The van der Waals surface area contributed by atoms with Gasteiger partial charge in [-0.1, -0.05) is 13.8 Å². The van der Waals surface area contributed by atoms with Crippen molar-refractivity contribution in [2.75, 3.05) is 13.1 Å². The summed E-state index contributed by atoms with van der Waals surface area (Å²) in [6, 6.07) is 1.93. The molecule has 5 amide bonds. The van der Waals surface area contributed by atoms with E-state index in [0.717, 1.165) is 0 Å². The quantitative estimate of drug-likeness (QED) is 0.663. The van der Waals surface area contributed by atoms with Gasteiger partial charge in [0.1, 0.15) is 11.6 Å².